The third-order valence-electron chi connectivity index (χ3n) is 18.4. The molecule has 0 aromatic carbocycles. The first kappa shape index (κ1) is 146. The molecule has 0 radical (unpaired) electrons. The van der Waals surface area contributed by atoms with Gasteiger partial charge in [-0.25, -0.2) is 9.97 Å². The van der Waals surface area contributed by atoms with Crippen molar-refractivity contribution in [2.45, 2.75) is 368 Å². The Hall–Kier alpha value is -11.6. The van der Waals surface area contributed by atoms with Gasteiger partial charge in [0.05, 0.1) is 37.6 Å². The summed E-state index contributed by atoms with van der Waals surface area (Å²) >= 11 is 0. The molecule has 9 rings (SSSR count). The van der Waals surface area contributed by atoms with Gasteiger partial charge in [0.25, 0.3) is 0 Å². The van der Waals surface area contributed by atoms with Gasteiger partial charge in [0.1, 0.15) is 70.8 Å². The highest BCUT2D eigenvalue weighted by Crippen LogP contribution is 2.52. The number of aliphatic hydroxyl groups is 6. The molecule has 0 amide bonds. The molecule has 8 N–H and O–H groups in total. The lowest BCUT2D eigenvalue weighted by Crippen LogP contribution is -2.32. The van der Waals surface area contributed by atoms with E-state index >= 15 is 0 Å². The topological polar surface area (TPSA) is 352 Å². The van der Waals surface area contributed by atoms with Crippen molar-refractivity contribution in [2.24, 2.45) is 124 Å². The number of hydrogen-bond acceptors (Lipinski definition) is 22. The number of rotatable bonds is 11. The van der Waals surface area contributed by atoms with Crippen molar-refractivity contribution >= 4 is 28.7 Å². The van der Waals surface area contributed by atoms with E-state index in [0.717, 1.165) is 78.4 Å². The predicted octanol–water partition coefficient (Wildman–Crippen LogP) is 22.7. The highest BCUT2D eigenvalue weighted by molar-refractivity contribution is 5.98. The number of hydrogen-bond donors (Lipinski definition) is 8. The van der Waals surface area contributed by atoms with Gasteiger partial charge in [0, 0.05) is 134 Å². The van der Waals surface area contributed by atoms with E-state index in [1.807, 2.05) is 192 Å². The molecule has 0 saturated heterocycles. The number of Topliss-reactive ketones (excluding diaryl/α,β-unsaturated/α-hetero) is 2. The smallest absolute Gasteiger partial charge is 0.202 e. The number of tetrazole rings is 1. The Labute approximate surface area is 891 Å². The number of methoxy groups -OCH3 is 1. The van der Waals surface area contributed by atoms with Gasteiger partial charge in [0.2, 0.25) is 5.78 Å². The van der Waals surface area contributed by atoms with Crippen LogP contribution < -0.4 is 0 Å². The minimum absolute atomic E-state index is 0.0568. The summed E-state index contributed by atoms with van der Waals surface area (Å²) in [5.41, 5.74) is 3.42. The molecule has 24 heteroatoms. The average Bonchev–Trinajstić information content (AvgIpc) is 1.61. The zero-order chi connectivity index (χ0) is 114. The van der Waals surface area contributed by atoms with Gasteiger partial charge in [0.15, 0.2) is 5.82 Å². The quantitative estimate of drug-likeness (QED) is 0.0200. The summed E-state index contributed by atoms with van der Waals surface area (Å²) in [6, 6.07) is 13.5. The number of ketones is 2. The molecular weight excluding hydrogens is 1840 g/mol. The third-order valence-corrected chi connectivity index (χ3v) is 18.4. The van der Waals surface area contributed by atoms with Gasteiger partial charge >= 0.3 is 0 Å². The predicted molar refractivity (Wildman–Crippen MR) is 607 cm³/mol. The van der Waals surface area contributed by atoms with Crippen LogP contribution in [0.15, 0.2) is 95.2 Å². The zero-order valence-electron chi connectivity index (χ0n) is 98.0. The van der Waals surface area contributed by atoms with Crippen LogP contribution in [0.25, 0.3) is 0 Å². The lowest BCUT2D eigenvalue weighted by molar-refractivity contribution is -0.123. The number of imidazole rings is 1. The Morgan fingerprint density at radius 3 is 1.31 bits per heavy atom. The number of pyridine rings is 3. The Balaban J connectivity index is -0.000000363. The monoisotopic (exact) mass is 2030 g/mol. The van der Waals surface area contributed by atoms with E-state index in [9.17, 15) is 24.9 Å². The molecule has 4 aliphatic rings. The van der Waals surface area contributed by atoms with E-state index in [0.29, 0.717) is 113 Å². The molecular formula is C123H190N12O12. The number of aliphatic hydroxyl groups excluding tert-OH is 2. The van der Waals surface area contributed by atoms with E-state index < -0.39 is 28.5 Å². The van der Waals surface area contributed by atoms with Crippen molar-refractivity contribution in [3.8, 4) is 130 Å². The van der Waals surface area contributed by atoms with Crippen molar-refractivity contribution in [2.75, 3.05) is 27.4 Å². The van der Waals surface area contributed by atoms with Gasteiger partial charge in [-0.3, -0.25) is 19.6 Å². The van der Waals surface area contributed by atoms with Gasteiger partial charge in [-0.1, -0.05) is 336 Å². The summed E-state index contributed by atoms with van der Waals surface area (Å²) in [6.45, 7) is 74.4. The molecule has 4 saturated carbocycles. The molecule has 2 atom stereocenters. The van der Waals surface area contributed by atoms with Crippen LogP contribution in [0.5, 0.6) is 0 Å². The van der Waals surface area contributed by atoms with Gasteiger partial charge in [-0.15, -0.1) is 10.2 Å². The number of aryl methyl sites for hydroxylation is 2. The van der Waals surface area contributed by atoms with Crippen LogP contribution in [0.1, 0.15) is 373 Å². The fourth-order valence-electron chi connectivity index (χ4n) is 9.69. The van der Waals surface area contributed by atoms with E-state index in [2.05, 4.69) is 269 Å². The van der Waals surface area contributed by atoms with E-state index in [1.165, 1.54) is 57.0 Å². The second-order valence-electron chi connectivity index (χ2n) is 41.0. The van der Waals surface area contributed by atoms with Crippen LogP contribution in [0, 0.1) is 225 Å². The summed E-state index contributed by atoms with van der Waals surface area (Å²) in [5.74, 6) is 72.0. The summed E-state index contributed by atoms with van der Waals surface area (Å²) in [6.07, 6.45) is 21.2. The van der Waals surface area contributed by atoms with Crippen LogP contribution in [0.3, 0.4) is 0 Å². The SMILES string of the molecule is C/C(=N\O)C(C)C.C/C(C#CC(C)C)=N\O.CC(=O)C#CC(C)C.CC(C)C#CC(C)(O)CO.CC(C)C#CC(C)O.CC(C)C#CC(O)(C1CC1)C1CC1.CC(C)C#CC1(O)CCCC1.CC(C)C#Cc1ccccn1.CC(C)C#Cc1ccncc1.CC(C)C#Cc1cncn1C.CC(C)C(=O)C1CC1.CC(C)c1ccc(C(C)(C)O)nc1.CC(C)c1nnn(C)n1.CO/N=C(\C)C#CC(C)C.COCC#CC(C)C. The first-order valence-corrected chi connectivity index (χ1v) is 51.7. The Morgan fingerprint density at radius 2 is 0.986 bits per heavy atom. The Kier molecular flexibility index (Phi) is 84.7. The lowest BCUT2D eigenvalue weighted by Gasteiger charge is -2.21. The molecule has 0 spiro atoms. The second kappa shape index (κ2) is 85.3. The number of nitrogens with zero attached hydrogens (tertiary/aromatic N) is 12. The fourth-order valence-corrected chi connectivity index (χ4v) is 9.69. The van der Waals surface area contributed by atoms with Crippen molar-refractivity contribution in [3.05, 3.63) is 114 Å². The van der Waals surface area contributed by atoms with E-state index in [-0.39, 0.29) is 24.2 Å². The number of carbonyl (C=O) groups excluding carboxylic acids is 2. The summed E-state index contributed by atoms with van der Waals surface area (Å²) < 4.78 is 6.63. The average molecular weight is 2030 g/mol. The first-order chi connectivity index (χ1) is 68.4. The summed E-state index contributed by atoms with van der Waals surface area (Å²) in [7, 11) is 6.87. The van der Waals surface area contributed by atoms with Gasteiger partial charge in [-0.05, 0) is 207 Å². The maximum Gasteiger partial charge on any atom is 0.202 e. The largest absolute Gasteiger partial charge is 0.411 e. The lowest BCUT2D eigenvalue weighted by atomic mass is 9.92. The third kappa shape index (κ3) is 95.1. The summed E-state index contributed by atoms with van der Waals surface area (Å²) in [4.78, 5) is 43.2. The highest BCUT2D eigenvalue weighted by Gasteiger charge is 2.52. The van der Waals surface area contributed by atoms with E-state index in [1.54, 1.807) is 79.9 Å². The normalized spacial score (nSPS) is 13.1. The molecule has 5 aromatic heterocycles. The molecule has 0 bridgehead atoms. The molecule has 24 nitrogen and oxygen atoms in total. The van der Waals surface area contributed by atoms with Crippen LogP contribution in [0.2, 0.25) is 0 Å². The fraction of sp³-hybridized carbons (Fsp3) is 0.626. The van der Waals surface area contributed by atoms with Crippen molar-refractivity contribution in [3.63, 3.8) is 0 Å². The maximum atomic E-state index is 10.9. The molecule has 5 aromatic rings. The molecule has 4 fully saturated rings. The minimum atomic E-state index is -1.23. The molecule has 147 heavy (non-hydrogen) atoms. The molecule has 814 valence electrons. The van der Waals surface area contributed by atoms with Crippen LogP contribution in [-0.2, 0) is 38.9 Å². The minimum Gasteiger partial charge on any atom is -0.411 e. The van der Waals surface area contributed by atoms with E-state index in [4.69, 9.17) is 30.5 Å². The van der Waals surface area contributed by atoms with Crippen molar-refractivity contribution in [1.29, 1.82) is 0 Å². The number of carbonyl (C=O) groups is 2. The molecule has 0 aliphatic heterocycles. The maximum absolute atomic E-state index is 10.9. The van der Waals surface area contributed by atoms with Gasteiger partial charge < -0.3 is 55.2 Å². The van der Waals surface area contributed by atoms with Crippen LogP contribution in [0.4, 0.5) is 0 Å². The van der Waals surface area contributed by atoms with Crippen LogP contribution in [-0.4, -0.2) is 165 Å². The summed E-state index contributed by atoms with van der Waals surface area (Å²) in [5, 5.41) is 93.4. The number of ether oxygens (including phenoxy) is 1. The Morgan fingerprint density at radius 1 is 0.510 bits per heavy atom. The zero-order valence-corrected chi connectivity index (χ0v) is 98.0. The van der Waals surface area contributed by atoms with Crippen molar-refractivity contribution < 1.29 is 60.2 Å². The molecule has 4 aliphatic carbocycles. The Bertz CT molecular complexity index is 5130. The van der Waals surface area contributed by atoms with Gasteiger partial charge in [-0.2, -0.15) is 4.80 Å². The molecule has 2 unspecified atom stereocenters. The second-order valence-corrected chi connectivity index (χ2v) is 41.0. The highest BCUT2D eigenvalue weighted by atomic mass is 16.6. The van der Waals surface area contributed by atoms with Crippen molar-refractivity contribution in [1.82, 2.24) is 44.7 Å². The number of oxime groups is 3. The number of aromatic nitrogens is 9. The molecule has 5 heterocycles. The first-order valence-electron chi connectivity index (χ1n) is 51.7. The van der Waals surface area contributed by atoms with Crippen LogP contribution >= 0.6 is 0 Å². The standard InChI is InChI=1S/C12H18O.C11H17NO.2C10H11N.C10H16O.C9H12N2.C8H13NO.C8H14O2.C7H11NO.3C7H12O.C7H10O.C5H10N4.C5H11NO/c1-9(2)7-8-12(13,10-3-4-10)11-5-6-11;1-8(2)9-5-6-10(12-7-9)11(3,4)13;1-9(2)3-4-10-5-7-11-8-6-10;1-9(2)6-7-10-5-3-4-8-11-10;1-9(2)5-8-10(11)6-3-4-7-10;1-8(2)4-5-9-6-10-7-11(9)3;1-7(2)5-6-8(3)9-10-4;1-7(2)4-5-8(3,10)6-9;1-6(2)4-5-7(3)8-9;1-5(2)7(8)6-3-4-6;1-7(2)5-4-6-8-3;2*1-6(2)4-5-7(3)8;1-4(2)5-6-8-9(3)7-5;1-4(2)5(3)6-7/h9-11,13H,3-6H2,1-2H3;5-8,13H,1-4H3;5-9H,1-2H3;3-5,8-9H,1-2H3;9,11H,3-4,6-7H2,1-2H3;6-8H,1-3H3;7H,1-4H3;7,9-10H,6H2,1-3H3;6,9H,1-3H3;5-6H,3-4H2,1-2H3;7H,6H2,1-3H3;6-8H,1-3H3;6H,1-3H3;4H,1-3H3;4,7H,1-3H3/b;;;;;;9-8+;;8-7+;;;;;;6-5+.